The van der Waals surface area contributed by atoms with Crippen LogP contribution in [-0.2, 0) is 27.9 Å². The van der Waals surface area contributed by atoms with Gasteiger partial charge < -0.3 is 28.5 Å². The summed E-state index contributed by atoms with van der Waals surface area (Å²) in [6.07, 6.45) is 77.7. The number of phosphoric ester groups is 1. The van der Waals surface area contributed by atoms with Crippen LogP contribution in [0.5, 0.6) is 0 Å². The van der Waals surface area contributed by atoms with Crippen molar-refractivity contribution >= 4 is 19.7 Å². The molecular weight excluding hydrogens is 1020 g/mol. The van der Waals surface area contributed by atoms with E-state index in [1.807, 2.05) is 33.3 Å². The predicted molar refractivity (Wildman–Crippen MR) is 349 cm³/mol. The Kier molecular flexibility index (Phi) is 59.1. The Morgan fingerprint density at radius 3 is 1.15 bits per heavy atom. The van der Waals surface area contributed by atoms with Gasteiger partial charge in [-0.1, -0.05) is 300 Å². The first kappa shape index (κ1) is 78.7. The van der Waals surface area contributed by atoms with Gasteiger partial charge >= 0.3 is 5.97 Å². The third-order valence-electron chi connectivity index (χ3n) is 15.5. The first-order valence-electron chi connectivity index (χ1n) is 34.6. The first-order chi connectivity index (χ1) is 39.4. The Morgan fingerprint density at radius 2 is 0.753 bits per heavy atom. The number of nitrogens with one attached hydrogen (secondary N) is 1. The fraction of sp³-hybridized carbons (Fsp3) is 0.831. The number of hydrogen-bond donors (Lipinski definition) is 1. The van der Waals surface area contributed by atoms with Gasteiger partial charge in [-0.15, -0.1) is 0 Å². The van der Waals surface area contributed by atoms with Gasteiger partial charge in [0.05, 0.1) is 33.8 Å². The normalized spacial score (nSPS) is 13.9. The van der Waals surface area contributed by atoms with Crippen molar-refractivity contribution in [2.45, 2.75) is 341 Å². The molecule has 0 radical (unpaired) electrons. The second-order valence-corrected chi connectivity index (χ2v) is 26.1. The van der Waals surface area contributed by atoms with E-state index in [2.05, 4.69) is 74.7 Å². The van der Waals surface area contributed by atoms with Crippen molar-refractivity contribution in [2.75, 3.05) is 40.9 Å². The maximum Gasteiger partial charge on any atom is 0.306 e. The minimum Gasteiger partial charge on any atom is -0.756 e. The average molecular weight is 1160 g/mol. The number of unbranched alkanes of at least 4 members (excludes halogenated alkanes) is 39. The first-order valence-corrected chi connectivity index (χ1v) is 36.1. The topological polar surface area (TPSA) is 114 Å². The molecule has 1 N–H and O–H groups in total. The van der Waals surface area contributed by atoms with Crippen LogP contribution in [0.2, 0.25) is 0 Å². The summed E-state index contributed by atoms with van der Waals surface area (Å²) in [5.74, 6) is -0.550. The molecule has 0 saturated heterocycles. The SMILES string of the molecule is CCCCC/C=C\C/C=C\C/C=C\C/C=C\CCCCCCCC(=O)OC(/C=C/CCCCCCCCCCC)C(COP(=O)([O-])OCC[N+](C)(C)C)NC(=O)CCCCCCCCCCCCCCCCCCCCCCCCC. The number of likely N-dealkylation sites (N-methyl/N-ethyl adjacent to an activating group) is 1. The number of carbonyl (C=O) groups excluding carboxylic acids is 2. The molecule has 3 atom stereocenters. The molecule has 474 valence electrons. The van der Waals surface area contributed by atoms with Gasteiger partial charge in [-0.2, -0.15) is 0 Å². The number of carbonyl (C=O) groups is 2. The lowest BCUT2D eigenvalue weighted by atomic mass is 10.0. The van der Waals surface area contributed by atoms with Crippen molar-refractivity contribution in [3.8, 4) is 0 Å². The van der Waals surface area contributed by atoms with Crippen LogP contribution in [0.15, 0.2) is 60.8 Å². The van der Waals surface area contributed by atoms with Crippen LogP contribution in [0.4, 0.5) is 0 Å². The number of allylic oxidation sites excluding steroid dienone is 9. The summed E-state index contributed by atoms with van der Waals surface area (Å²) >= 11 is 0. The number of amides is 1. The van der Waals surface area contributed by atoms with Crippen LogP contribution in [0.25, 0.3) is 0 Å². The lowest BCUT2D eigenvalue weighted by molar-refractivity contribution is -0.870. The molecule has 0 aromatic heterocycles. The lowest BCUT2D eigenvalue weighted by Crippen LogP contribution is -2.47. The molecule has 0 saturated carbocycles. The van der Waals surface area contributed by atoms with Gasteiger partial charge in [0.1, 0.15) is 19.3 Å². The van der Waals surface area contributed by atoms with E-state index >= 15 is 0 Å². The molecule has 0 bridgehead atoms. The molecule has 0 heterocycles. The second-order valence-electron chi connectivity index (χ2n) is 24.7. The second kappa shape index (κ2) is 60.8. The van der Waals surface area contributed by atoms with Crippen molar-refractivity contribution in [2.24, 2.45) is 0 Å². The number of hydrogen-bond acceptors (Lipinski definition) is 7. The Morgan fingerprint density at radius 1 is 0.432 bits per heavy atom. The van der Waals surface area contributed by atoms with E-state index in [0.717, 1.165) is 89.9 Å². The summed E-state index contributed by atoms with van der Waals surface area (Å²) in [4.78, 5) is 40.1. The van der Waals surface area contributed by atoms with Crippen molar-refractivity contribution in [1.29, 1.82) is 0 Å². The molecule has 0 aliphatic carbocycles. The molecule has 81 heavy (non-hydrogen) atoms. The zero-order valence-corrected chi connectivity index (χ0v) is 55.1. The van der Waals surface area contributed by atoms with E-state index in [0.29, 0.717) is 23.9 Å². The minimum atomic E-state index is -4.71. The molecule has 0 aromatic rings. The standard InChI is InChI=1S/C71H133N2O7P/c1-7-10-13-16-19-22-25-27-29-31-33-35-36-38-39-41-43-45-48-51-54-57-60-63-70(74)72-68(67-79-81(76,77)78-66-65-73(4,5)6)69(62-59-56-53-50-47-24-21-18-15-12-9-3)80-71(75)64-61-58-55-52-49-46-44-42-40-37-34-32-30-28-26-23-20-17-14-11-8-2/h20,23,28,30,34,37,42,44,59,62,68-69H,7-19,21-22,24-27,29,31-33,35-36,38-41,43,45-58,60-61,63-67H2,1-6H3,(H-,72,74,76,77)/b23-20-,30-28-,37-34-,44-42-,62-59+. The third kappa shape index (κ3) is 62.1. The smallest absolute Gasteiger partial charge is 0.306 e. The molecule has 0 aromatic carbocycles. The number of phosphoric acid groups is 1. The van der Waals surface area contributed by atoms with Gasteiger partial charge in [-0.3, -0.25) is 14.2 Å². The van der Waals surface area contributed by atoms with Crippen LogP contribution in [-0.4, -0.2) is 69.4 Å². The van der Waals surface area contributed by atoms with E-state index in [1.165, 1.54) is 199 Å². The van der Waals surface area contributed by atoms with E-state index in [9.17, 15) is 19.0 Å². The fourth-order valence-corrected chi connectivity index (χ4v) is 10.8. The highest BCUT2D eigenvalue weighted by Crippen LogP contribution is 2.38. The summed E-state index contributed by atoms with van der Waals surface area (Å²) in [5, 5.41) is 3.04. The molecule has 10 heteroatoms. The monoisotopic (exact) mass is 1160 g/mol. The van der Waals surface area contributed by atoms with E-state index < -0.39 is 26.6 Å². The average Bonchev–Trinajstić information content (AvgIpc) is 3.43. The predicted octanol–water partition coefficient (Wildman–Crippen LogP) is 21.2. The van der Waals surface area contributed by atoms with Crippen molar-refractivity contribution in [1.82, 2.24) is 5.32 Å². The molecule has 9 nitrogen and oxygen atoms in total. The van der Waals surface area contributed by atoms with Crippen LogP contribution < -0.4 is 10.2 Å². The lowest BCUT2D eigenvalue weighted by Gasteiger charge is -2.30. The molecule has 0 rings (SSSR count). The number of ether oxygens (including phenoxy) is 1. The Labute approximate surface area is 502 Å². The molecule has 1 amide bonds. The van der Waals surface area contributed by atoms with Crippen molar-refractivity contribution < 1.29 is 37.3 Å². The van der Waals surface area contributed by atoms with Gasteiger partial charge in [-0.05, 0) is 76.7 Å². The Balaban J connectivity index is 5.09. The van der Waals surface area contributed by atoms with E-state index in [1.54, 1.807) is 0 Å². The van der Waals surface area contributed by atoms with Crippen LogP contribution in [0.3, 0.4) is 0 Å². The molecule has 0 aliphatic rings. The summed E-state index contributed by atoms with van der Waals surface area (Å²) in [5.41, 5.74) is 0. The minimum absolute atomic E-state index is 0.0254. The van der Waals surface area contributed by atoms with Gasteiger partial charge in [0, 0.05) is 12.8 Å². The quantitative estimate of drug-likeness (QED) is 0.0212. The molecule has 0 aliphatic heterocycles. The number of nitrogens with zero attached hydrogens (tertiary/aromatic N) is 1. The number of esters is 1. The molecular formula is C71H133N2O7P. The van der Waals surface area contributed by atoms with Crippen molar-refractivity contribution in [3.63, 3.8) is 0 Å². The Hall–Kier alpha value is -2.29. The van der Waals surface area contributed by atoms with Crippen LogP contribution in [0.1, 0.15) is 329 Å². The van der Waals surface area contributed by atoms with Crippen LogP contribution >= 0.6 is 7.82 Å². The highest BCUT2D eigenvalue weighted by Gasteiger charge is 2.27. The maximum atomic E-state index is 13.6. The number of quaternary nitrogens is 1. The fourth-order valence-electron chi connectivity index (χ4n) is 10.1. The third-order valence-corrected chi connectivity index (χ3v) is 16.4. The van der Waals surface area contributed by atoms with Crippen molar-refractivity contribution in [3.05, 3.63) is 60.8 Å². The van der Waals surface area contributed by atoms with Gasteiger partial charge in [-0.25, -0.2) is 0 Å². The highest BCUT2D eigenvalue weighted by molar-refractivity contribution is 7.45. The van der Waals surface area contributed by atoms with E-state index in [4.69, 9.17) is 13.8 Å². The number of rotatable bonds is 63. The van der Waals surface area contributed by atoms with Gasteiger partial charge in [0.2, 0.25) is 5.91 Å². The zero-order chi connectivity index (χ0) is 59.3. The maximum absolute atomic E-state index is 13.6. The Bertz CT molecular complexity index is 1570. The van der Waals surface area contributed by atoms with Gasteiger partial charge in [0.15, 0.2) is 0 Å². The summed E-state index contributed by atoms with van der Waals surface area (Å²) in [7, 11) is 1.18. The summed E-state index contributed by atoms with van der Waals surface area (Å²) in [6.45, 7) is 6.84. The molecule has 0 fully saturated rings. The largest absolute Gasteiger partial charge is 0.756 e. The van der Waals surface area contributed by atoms with Gasteiger partial charge in [0.25, 0.3) is 7.82 Å². The van der Waals surface area contributed by atoms with E-state index in [-0.39, 0.29) is 24.9 Å². The molecule has 3 unspecified atom stereocenters. The highest BCUT2D eigenvalue weighted by atomic mass is 31.2. The zero-order valence-electron chi connectivity index (χ0n) is 54.2. The molecule has 0 spiro atoms. The van der Waals surface area contributed by atoms with Crippen LogP contribution in [0, 0.1) is 0 Å². The summed E-state index contributed by atoms with van der Waals surface area (Å²) in [6, 6.07) is -0.896. The summed E-state index contributed by atoms with van der Waals surface area (Å²) < 4.78 is 30.4.